The van der Waals surface area contributed by atoms with Gasteiger partial charge in [-0.05, 0) is 37.0 Å². The summed E-state index contributed by atoms with van der Waals surface area (Å²) in [6.45, 7) is 0.00460. The number of nitro benzene ring substituents is 1. The minimum absolute atomic E-state index is 0.0512. The van der Waals surface area contributed by atoms with E-state index in [0.29, 0.717) is 19.4 Å². The fraction of sp³-hybridized carbons (Fsp3) is 0.375. The molecule has 1 saturated carbocycles. The molecule has 0 bridgehead atoms. The number of esters is 1. The Morgan fingerprint density at radius 3 is 2.62 bits per heavy atom. The van der Waals surface area contributed by atoms with E-state index in [1.807, 2.05) is 24.3 Å². The van der Waals surface area contributed by atoms with Gasteiger partial charge in [0, 0.05) is 24.4 Å². The van der Waals surface area contributed by atoms with E-state index >= 15 is 0 Å². The highest BCUT2D eigenvalue weighted by Crippen LogP contribution is 2.36. The molecule has 1 aliphatic carbocycles. The Bertz CT molecular complexity index is 1140. The van der Waals surface area contributed by atoms with E-state index < -0.39 is 35.2 Å². The quantitative estimate of drug-likeness (QED) is 0.373. The molecular weight excluding hydrogens is 462 g/mol. The van der Waals surface area contributed by atoms with Crippen molar-refractivity contribution in [2.75, 3.05) is 23.4 Å². The number of ether oxygens (including phenoxy) is 1. The number of benzene rings is 2. The average molecular weight is 486 g/mol. The molecule has 0 radical (unpaired) electrons. The number of nitrogens with zero attached hydrogens (tertiary/aromatic N) is 2. The Morgan fingerprint density at radius 1 is 1.12 bits per heavy atom. The van der Waals surface area contributed by atoms with Crippen LogP contribution >= 0.6 is 11.6 Å². The van der Waals surface area contributed by atoms with E-state index in [9.17, 15) is 24.5 Å². The van der Waals surface area contributed by atoms with Crippen molar-refractivity contribution in [1.82, 2.24) is 0 Å². The van der Waals surface area contributed by atoms with E-state index in [1.54, 1.807) is 4.90 Å². The number of amides is 2. The summed E-state index contributed by atoms with van der Waals surface area (Å²) in [4.78, 5) is 50.6. The third-order valence-corrected chi connectivity index (χ3v) is 6.65. The van der Waals surface area contributed by atoms with Crippen LogP contribution in [0.1, 0.15) is 31.2 Å². The number of hydrogen-bond acceptors (Lipinski definition) is 6. The van der Waals surface area contributed by atoms with Gasteiger partial charge in [0.1, 0.15) is 0 Å². The largest absolute Gasteiger partial charge is 0.455 e. The Kier molecular flexibility index (Phi) is 7.12. The highest BCUT2D eigenvalue weighted by Gasteiger charge is 2.40. The molecule has 178 valence electrons. The predicted octanol–water partition coefficient (Wildman–Crippen LogP) is 4.13. The SMILES string of the molecule is O=C(COC(=O)C1CCCCC1C(=O)N1CCc2ccccc21)Nc1cc([N+](=O)[O-])ccc1Cl. The molecule has 0 spiro atoms. The van der Waals surface area contributed by atoms with E-state index in [2.05, 4.69) is 5.32 Å². The van der Waals surface area contributed by atoms with Crippen LogP contribution in [0.5, 0.6) is 0 Å². The fourth-order valence-corrected chi connectivity index (χ4v) is 4.79. The zero-order chi connectivity index (χ0) is 24.2. The molecule has 2 aromatic carbocycles. The van der Waals surface area contributed by atoms with Gasteiger partial charge in [-0.3, -0.25) is 24.5 Å². The van der Waals surface area contributed by atoms with Gasteiger partial charge >= 0.3 is 5.97 Å². The summed E-state index contributed by atoms with van der Waals surface area (Å²) in [5, 5.41) is 13.5. The van der Waals surface area contributed by atoms with Crippen molar-refractivity contribution in [3.05, 3.63) is 63.2 Å². The molecule has 0 aromatic heterocycles. The highest BCUT2D eigenvalue weighted by atomic mass is 35.5. The third kappa shape index (κ3) is 5.04. The predicted molar refractivity (Wildman–Crippen MR) is 126 cm³/mol. The van der Waals surface area contributed by atoms with Crippen LogP contribution in [0, 0.1) is 22.0 Å². The number of nitro groups is 1. The number of carbonyl (C=O) groups is 3. The van der Waals surface area contributed by atoms with Crippen LogP contribution in [0.4, 0.5) is 17.1 Å². The topological polar surface area (TPSA) is 119 Å². The first-order valence-electron chi connectivity index (χ1n) is 11.1. The first kappa shape index (κ1) is 23.7. The molecule has 1 fully saturated rings. The van der Waals surface area contributed by atoms with Gasteiger partial charge in [0.15, 0.2) is 6.61 Å². The number of fused-ring (bicyclic) bond motifs is 1. The fourth-order valence-electron chi connectivity index (χ4n) is 4.63. The standard InChI is InChI=1S/C24H24ClN3O6/c25-19-10-9-16(28(32)33)13-20(19)26-22(29)14-34-24(31)18-7-3-2-6-17(18)23(30)27-12-11-15-5-1-4-8-21(15)27/h1,4-5,8-10,13,17-18H,2-3,6-7,11-12,14H2,(H,26,29). The van der Waals surface area contributed by atoms with E-state index in [4.69, 9.17) is 16.3 Å². The van der Waals surface area contributed by atoms with Crippen LogP contribution in [-0.2, 0) is 25.5 Å². The van der Waals surface area contributed by atoms with Gasteiger partial charge in [-0.2, -0.15) is 0 Å². The number of nitrogens with one attached hydrogen (secondary N) is 1. The Morgan fingerprint density at radius 2 is 1.85 bits per heavy atom. The molecular formula is C24H24ClN3O6. The van der Waals surface area contributed by atoms with Gasteiger partial charge in [0.2, 0.25) is 5.91 Å². The lowest BCUT2D eigenvalue weighted by molar-refractivity contribution is -0.384. The molecule has 34 heavy (non-hydrogen) atoms. The maximum atomic E-state index is 13.4. The van der Waals surface area contributed by atoms with Gasteiger partial charge in [-0.1, -0.05) is 42.6 Å². The van der Waals surface area contributed by atoms with Crippen molar-refractivity contribution >= 4 is 46.4 Å². The zero-order valence-corrected chi connectivity index (χ0v) is 19.1. The van der Waals surface area contributed by atoms with Crippen LogP contribution in [0.3, 0.4) is 0 Å². The molecule has 10 heteroatoms. The van der Waals surface area contributed by atoms with Crippen LogP contribution in [0.25, 0.3) is 0 Å². The summed E-state index contributed by atoms with van der Waals surface area (Å²) in [7, 11) is 0. The number of rotatable bonds is 6. The Hall–Kier alpha value is -3.46. The summed E-state index contributed by atoms with van der Waals surface area (Å²) in [6.07, 6.45) is 3.54. The van der Waals surface area contributed by atoms with Crippen LogP contribution in [0.2, 0.25) is 5.02 Å². The number of non-ortho nitro benzene ring substituents is 1. The maximum absolute atomic E-state index is 13.4. The van der Waals surface area contributed by atoms with Crippen molar-refractivity contribution in [3.63, 3.8) is 0 Å². The van der Waals surface area contributed by atoms with Crippen LogP contribution < -0.4 is 10.2 Å². The summed E-state index contributed by atoms with van der Waals surface area (Å²) < 4.78 is 5.25. The number of hydrogen-bond donors (Lipinski definition) is 1. The third-order valence-electron chi connectivity index (χ3n) is 6.32. The minimum atomic E-state index is -0.678. The Balaban J connectivity index is 1.38. The molecule has 9 nitrogen and oxygen atoms in total. The molecule has 2 amide bonds. The van der Waals surface area contributed by atoms with Crippen LogP contribution in [-0.4, -0.2) is 35.9 Å². The van der Waals surface area contributed by atoms with Gasteiger partial charge in [0.25, 0.3) is 11.6 Å². The van der Waals surface area contributed by atoms with Crippen molar-refractivity contribution < 1.29 is 24.0 Å². The smallest absolute Gasteiger partial charge is 0.310 e. The van der Waals surface area contributed by atoms with Crippen molar-refractivity contribution in [1.29, 1.82) is 0 Å². The Labute approximate surface area is 201 Å². The van der Waals surface area contributed by atoms with Gasteiger partial charge in [-0.15, -0.1) is 0 Å². The molecule has 2 aromatic rings. The summed E-state index contributed by atoms with van der Waals surface area (Å²) >= 11 is 5.99. The zero-order valence-electron chi connectivity index (χ0n) is 18.4. The summed E-state index contributed by atoms with van der Waals surface area (Å²) in [5.74, 6) is -2.47. The molecule has 2 aliphatic rings. The number of anilines is 2. The second-order valence-electron chi connectivity index (χ2n) is 8.44. The highest BCUT2D eigenvalue weighted by molar-refractivity contribution is 6.33. The lowest BCUT2D eigenvalue weighted by atomic mass is 9.78. The molecule has 1 aliphatic heterocycles. The monoisotopic (exact) mass is 485 g/mol. The van der Waals surface area contributed by atoms with E-state index in [-0.39, 0.29) is 22.3 Å². The molecule has 4 rings (SSSR count). The first-order valence-corrected chi connectivity index (χ1v) is 11.5. The first-order chi connectivity index (χ1) is 16.3. The van der Waals surface area contributed by atoms with Gasteiger partial charge < -0.3 is 15.0 Å². The normalized spacial score (nSPS) is 19.3. The lowest BCUT2D eigenvalue weighted by Gasteiger charge is -2.32. The number of para-hydroxylation sites is 1. The molecule has 2 atom stereocenters. The molecule has 1 N–H and O–H groups in total. The second kappa shape index (κ2) is 10.2. The van der Waals surface area contributed by atoms with Crippen molar-refractivity contribution in [3.8, 4) is 0 Å². The summed E-state index contributed by atoms with van der Waals surface area (Å²) in [5.41, 5.74) is 1.82. The van der Waals surface area contributed by atoms with Crippen LogP contribution in [0.15, 0.2) is 42.5 Å². The van der Waals surface area contributed by atoms with Gasteiger partial charge in [-0.25, -0.2) is 0 Å². The van der Waals surface area contributed by atoms with E-state index in [0.717, 1.165) is 36.6 Å². The maximum Gasteiger partial charge on any atom is 0.310 e. The number of carbonyl (C=O) groups excluding carboxylic acids is 3. The average Bonchev–Trinajstić information content (AvgIpc) is 3.27. The second-order valence-corrected chi connectivity index (χ2v) is 8.85. The lowest BCUT2D eigenvalue weighted by Crippen LogP contribution is -2.42. The van der Waals surface area contributed by atoms with Crippen molar-refractivity contribution in [2.45, 2.75) is 32.1 Å². The van der Waals surface area contributed by atoms with E-state index in [1.165, 1.54) is 12.1 Å². The molecule has 0 saturated heterocycles. The molecule has 1 heterocycles. The van der Waals surface area contributed by atoms with Crippen molar-refractivity contribution in [2.24, 2.45) is 11.8 Å². The number of halogens is 1. The summed E-state index contributed by atoms with van der Waals surface area (Å²) in [6, 6.07) is 11.4. The molecule has 2 unspecified atom stereocenters. The minimum Gasteiger partial charge on any atom is -0.455 e. The van der Waals surface area contributed by atoms with Gasteiger partial charge in [0.05, 0.1) is 27.5 Å².